The molecule has 0 heterocycles. The van der Waals surface area contributed by atoms with Crippen molar-refractivity contribution < 1.29 is 17.9 Å². The zero-order valence-corrected chi connectivity index (χ0v) is 14.6. The van der Waals surface area contributed by atoms with Gasteiger partial charge in [-0.15, -0.1) is 0 Å². The van der Waals surface area contributed by atoms with Gasteiger partial charge in [0, 0.05) is 0 Å². The van der Waals surface area contributed by atoms with E-state index in [1.54, 1.807) is 48.5 Å². The van der Waals surface area contributed by atoms with Gasteiger partial charge in [-0.05, 0) is 36.4 Å². The molecule has 0 bridgehead atoms. The molecular formula is C17H17N3O4S. The molecule has 0 aliphatic heterocycles. The number of nitrogens with zero attached hydrogens (tertiary/aromatic N) is 2. The molecule has 0 aliphatic carbocycles. The van der Waals surface area contributed by atoms with E-state index in [1.165, 1.54) is 7.11 Å². The summed E-state index contributed by atoms with van der Waals surface area (Å²) in [6.07, 6.45) is 1.02. The van der Waals surface area contributed by atoms with Crippen LogP contribution in [0.2, 0.25) is 0 Å². The summed E-state index contributed by atoms with van der Waals surface area (Å²) in [5.41, 5.74) is 0.969. The van der Waals surface area contributed by atoms with Crippen LogP contribution in [0.4, 0.5) is 11.4 Å². The summed E-state index contributed by atoms with van der Waals surface area (Å²) in [6.45, 7) is -0.412. The van der Waals surface area contributed by atoms with E-state index in [9.17, 15) is 13.2 Å². The Morgan fingerprint density at radius 3 is 2.40 bits per heavy atom. The van der Waals surface area contributed by atoms with Crippen LogP contribution in [0, 0.1) is 11.3 Å². The monoisotopic (exact) mass is 359 g/mol. The topological polar surface area (TPSA) is 99.5 Å². The van der Waals surface area contributed by atoms with E-state index < -0.39 is 22.5 Å². The molecule has 2 aromatic carbocycles. The number of hydrogen-bond donors (Lipinski definition) is 1. The van der Waals surface area contributed by atoms with Gasteiger partial charge in [0.2, 0.25) is 15.9 Å². The Hall–Kier alpha value is -3.05. The lowest BCUT2D eigenvalue weighted by Gasteiger charge is -2.22. The van der Waals surface area contributed by atoms with Gasteiger partial charge in [0.05, 0.1) is 30.3 Å². The predicted octanol–water partition coefficient (Wildman–Crippen LogP) is 1.97. The van der Waals surface area contributed by atoms with Gasteiger partial charge in [-0.3, -0.25) is 9.10 Å². The van der Waals surface area contributed by atoms with E-state index >= 15 is 0 Å². The van der Waals surface area contributed by atoms with Crippen LogP contribution in [-0.4, -0.2) is 34.2 Å². The maximum absolute atomic E-state index is 12.3. The fourth-order valence-electron chi connectivity index (χ4n) is 2.16. The minimum atomic E-state index is -3.67. The smallest absolute Gasteiger partial charge is 0.245 e. The molecule has 1 N–H and O–H groups in total. The fourth-order valence-corrected chi connectivity index (χ4v) is 3.01. The van der Waals surface area contributed by atoms with Gasteiger partial charge in [-0.2, -0.15) is 5.26 Å². The Balaban J connectivity index is 2.22. The molecule has 0 aromatic heterocycles. The zero-order valence-electron chi connectivity index (χ0n) is 13.8. The number of sulfonamides is 1. The van der Waals surface area contributed by atoms with E-state index in [2.05, 4.69) is 5.32 Å². The molecule has 7 nitrogen and oxygen atoms in total. The number of para-hydroxylation sites is 1. The van der Waals surface area contributed by atoms with Crippen molar-refractivity contribution in [3.8, 4) is 11.8 Å². The van der Waals surface area contributed by atoms with Crippen molar-refractivity contribution in [1.82, 2.24) is 0 Å². The summed E-state index contributed by atoms with van der Waals surface area (Å²) in [5.74, 6) is 0.0218. The van der Waals surface area contributed by atoms with E-state index in [-0.39, 0.29) is 0 Å². The number of anilines is 2. The Labute approximate surface area is 146 Å². The van der Waals surface area contributed by atoms with Crippen molar-refractivity contribution >= 4 is 27.3 Å². The molecule has 0 saturated carbocycles. The lowest BCUT2D eigenvalue weighted by molar-refractivity contribution is -0.114. The van der Waals surface area contributed by atoms with Crippen molar-refractivity contribution in [3.05, 3.63) is 54.1 Å². The molecule has 1 amide bonds. The van der Waals surface area contributed by atoms with Gasteiger partial charge < -0.3 is 10.1 Å². The molecular weight excluding hydrogens is 342 g/mol. The van der Waals surface area contributed by atoms with Gasteiger partial charge in [-0.1, -0.05) is 12.1 Å². The second kappa shape index (κ2) is 7.68. The third kappa shape index (κ3) is 4.71. The molecule has 0 aliphatic rings. The summed E-state index contributed by atoms with van der Waals surface area (Å²) in [6, 6.07) is 14.8. The zero-order chi connectivity index (χ0) is 18.4. The van der Waals surface area contributed by atoms with Gasteiger partial charge >= 0.3 is 0 Å². The van der Waals surface area contributed by atoms with Crippen LogP contribution < -0.4 is 14.4 Å². The average molecular weight is 359 g/mol. The highest BCUT2D eigenvalue weighted by Gasteiger charge is 2.21. The number of methoxy groups -OCH3 is 1. The number of amides is 1. The molecule has 0 unspecified atom stereocenters. The van der Waals surface area contributed by atoms with Crippen LogP contribution in [0.15, 0.2) is 48.5 Å². The first-order chi connectivity index (χ1) is 11.8. The highest BCUT2D eigenvalue weighted by Crippen LogP contribution is 2.21. The van der Waals surface area contributed by atoms with Crippen LogP contribution in [0.5, 0.6) is 5.75 Å². The Morgan fingerprint density at radius 2 is 1.84 bits per heavy atom. The lowest BCUT2D eigenvalue weighted by Crippen LogP contribution is -2.37. The summed E-state index contributed by atoms with van der Waals surface area (Å²) < 4.78 is 30.1. The van der Waals surface area contributed by atoms with Crippen molar-refractivity contribution in [2.24, 2.45) is 0 Å². The summed E-state index contributed by atoms with van der Waals surface area (Å²) >= 11 is 0. The Kier molecular flexibility index (Phi) is 5.62. The maximum atomic E-state index is 12.3. The molecule has 0 spiro atoms. The SMILES string of the molecule is COc1ccc(N(CC(=O)Nc2ccccc2C#N)S(C)(=O)=O)cc1. The number of rotatable bonds is 6. The predicted molar refractivity (Wildman–Crippen MR) is 95.0 cm³/mol. The average Bonchev–Trinajstić information content (AvgIpc) is 2.59. The van der Waals surface area contributed by atoms with Crippen molar-refractivity contribution in [2.75, 3.05) is 29.5 Å². The minimum absolute atomic E-state index is 0.297. The van der Waals surface area contributed by atoms with Crippen LogP contribution in [0.25, 0.3) is 0 Å². The number of nitriles is 1. The number of carbonyl (C=O) groups excluding carboxylic acids is 1. The number of nitrogens with one attached hydrogen (secondary N) is 1. The molecule has 25 heavy (non-hydrogen) atoms. The van der Waals surface area contributed by atoms with Gasteiger partial charge in [0.1, 0.15) is 18.4 Å². The van der Waals surface area contributed by atoms with E-state index in [4.69, 9.17) is 10.00 Å². The quantitative estimate of drug-likeness (QED) is 0.850. The fraction of sp³-hybridized carbons (Fsp3) is 0.176. The van der Waals surface area contributed by atoms with Gasteiger partial charge in [-0.25, -0.2) is 8.42 Å². The lowest BCUT2D eigenvalue weighted by atomic mass is 10.2. The number of ether oxygens (including phenoxy) is 1. The largest absolute Gasteiger partial charge is 0.497 e. The molecule has 0 fully saturated rings. The third-order valence-corrected chi connectivity index (χ3v) is 4.51. The number of carbonyl (C=O) groups is 1. The van der Waals surface area contributed by atoms with E-state index in [0.29, 0.717) is 22.7 Å². The standard InChI is InChI=1S/C17H17N3O4S/c1-24-15-9-7-14(8-10-15)20(25(2,22)23)12-17(21)19-16-6-4-3-5-13(16)11-18/h3-10H,12H2,1-2H3,(H,19,21). The first-order valence-corrected chi connectivity index (χ1v) is 9.10. The molecule has 2 rings (SSSR count). The molecule has 2 aromatic rings. The third-order valence-electron chi connectivity index (χ3n) is 3.37. The molecule has 0 saturated heterocycles. The van der Waals surface area contributed by atoms with Crippen molar-refractivity contribution in [3.63, 3.8) is 0 Å². The van der Waals surface area contributed by atoms with Crippen molar-refractivity contribution in [2.45, 2.75) is 0 Å². The van der Waals surface area contributed by atoms with Gasteiger partial charge in [0.15, 0.2) is 0 Å². The number of benzene rings is 2. The van der Waals surface area contributed by atoms with Crippen LogP contribution in [-0.2, 0) is 14.8 Å². The summed E-state index contributed by atoms with van der Waals surface area (Å²) in [5, 5.41) is 11.6. The van der Waals surface area contributed by atoms with Crippen LogP contribution in [0.1, 0.15) is 5.56 Å². The maximum Gasteiger partial charge on any atom is 0.245 e. The normalized spacial score (nSPS) is 10.6. The first-order valence-electron chi connectivity index (χ1n) is 7.26. The highest BCUT2D eigenvalue weighted by atomic mass is 32.2. The van der Waals surface area contributed by atoms with Gasteiger partial charge in [0.25, 0.3) is 0 Å². The van der Waals surface area contributed by atoms with E-state index in [1.807, 2.05) is 6.07 Å². The summed E-state index contributed by atoms with van der Waals surface area (Å²) in [7, 11) is -2.17. The highest BCUT2D eigenvalue weighted by molar-refractivity contribution is 7.92. The van der Waals surface area contributed by atoms with Crippen LogP contribution >= 0.6 is 0 Å². The molecule has 0 atom stereocenters. The second-order valence-corrected chi connectivity index (χ2v) is 7.08. The minimum Gasteiger partial charge on any atom is -0.497 e. The molecule has 8 heteroatoms. The number of hydrogen-bond acceptors (Lipinski definition) is 5. The Morgan fingerprint density at radius 1 is 1.20 bits per heavy atom. The first kappa shape index (κ1) is 18.3. The molecule has 130 valence electrons. The molecule has 0 radical (unpaired) electrons. The Bertz CT molecular complexity index is 902. The van der Waals surface area contributed by atoms with Crippen LogP contribution in [0.3, 0.4) is 0 Å². The van der Waals surface area contributed by atoms with Crippen molar-refractivity contribution in [1.29, 1.82) is 5.26 Å². The summed E-state index contributed by atoms with van der Waals surface area (Å²) in [4.78, 5) is 12.3. The van der Waals surface area contributed by atoms with E-state index in [0.717, 1.165) is 10.6 Å². The second-order valence-electron chi connectivity index (χ2n) is 5.17.